The summed E-state index contributed by atoms with van der Waals surface area (Å²) in [7, 11) is 0. The van der Waals surface area contributed by atoms with Crippen LogP contribution in [0.3, 0.4) is 0 Å². The fourth-order valence-corrected chi connectivity index (χ4v) is 5.60. The number of hydrogen-bond donors (Lipinski definition) is 1. The largest absolute Gasteiger partial charge is 0.508 e. The van der Waals surface area contributed by atoms with Crippen molar-refractivity contribution in [2.75, 3.05) is 9.80 Å². The smallest absolute Gasteiger partial charge is 0.335 e. The van der Waals surface area contributed by atoms with Gasteiger partial charge in [-0.25, -0.2) is 4.79 Å². The fraction of sp³-hybridized carbons (Fsp3) is 0.0488. The third kappa shape index (κ3) is 6.40. The van der Waals surface area contributed by atoms with Crippen LogP contribution in [-0.4, -0.2) is 11.1 Å². The lowest BCUT2D eigenvalue weighted by Gasteiger charge is -2.28. The Morgan fingerprint density at radius 1 is 0.587 bits per heavy atom. The summed E-state index contributed by atoms with van der Waals surface area (Å²) in [6.07, 6.45) is 1.15. The molecule has 0 spiro atoms. The van der Waals surface area contributed by atoms with Crippen LogP contribution in [0.4, 0.5) is 34.1 Å². The molecule has 1 N–H and O–H groups in total. The van der Waals surface area contributed by atoms with E-state index in [0.717, 1.165) is 62.5 Å². The molecule has 0 bridgehead atoms. The van der Waals surface area contributed by atoms with Gasteiger partial charge in [-0.2, -0.15) is 0 Å². The van der Waals surface area contributed by atoms with Crippen molar-refractivity contribution < 1.29 is 14.6 Å². The van der Waals surface area contributed by atoms with Crippen LogP contribution in [0.15, 0.2) is 158 Å². The van der Waals surface area contributed by atoms with E-state index in [-0.39, 0.29) is 5.75 Å². The van der Waals surface area contributed by atoms with E-state index >= 15 is 0 Å². The maximum Gasteiger partial charge on any atom is 0.335 e. The number of nitrogens with zero attached hydrogens (tertiary/aromatic N) is 2. The van der Waals surface area contributed by atoms with Gasteiger partial charge >= 0.3 is 5.97 Å². The van der Waals surface area contributed by atoms with Crippen LogP contribution in [0, 0.1) is 13.8 Å². The van der Waals surface area contributed by atoms with Gasteiger partial charge in [0.15, 0.2) is 0 Å². The van der Waals surface area contributed by atoms with Gasteiger partial charge in [0, 0.05) is 40.2 Å². The summed E-state index contributed by atoms with van der Waals surface area (Å²) in [5.41, 5.74) is 10.5. The first-order chi connectivity index (χ1) is 22.4. The van der Waals surface area contributed by atoms with E-state index in [1.807, 2.05) is 60.7 Å². The first-order valence-corrected chi connectivity index (χ1v) is 15.1. The van der Waals surface area contributed by atoms with Crippen molar-refractivity contribution in [3.8, 4) is 22.6 Å². The third-order valence-corrected chi connectivity index (χ3v) is 7.83. The first kappa shape index (κ1) is 30.0. The van der Waals surface area contributed by atoms with Crippen LogP contribution in [0.5, 0.6) is 11.5 Å². The third-order valence-electron chi connectivity index (χ3n) is 7.83. The Labute approximate surface area is 269 Å². The maximum atomic E-state index is 11.7. The Morgan fingerprint density at radius 2 is 1.00 bits per heavy atom. The molecule has 0 atom stereocenters. The van der Waals surface area contributed by atoms with Gasteiger partial charge in [-0.05, 0) is 133 Å². The second kappa shape index (κ2) is 13.3. The van der Waals surface area contributed by atoms with Crippen molar-refractivity contribution in [2.45, 2.75) is 13.8 Å². The molecule has 6 rings (SSSR count). The highest BCUT2D eigenvalue weighted by Crippen LogP contribution is 2.41. The number of rotatable bonds is 9. The molecule has 46 heavy (non-hydrogen) atoms. The average Bonchev–Trinajstić information content (AvgIpc) is 3.09. The van der Waals surface area contributed by atoms with Crippen LogP contribution in [0.1, 0.15) is 11.1 Å². The minimum atomic E-state index is -0.490. The summed E-state index contributed by atoms with van der Waals surface area (Å²) in [5, 5.41) is 9.91. The number of ether oxygens (including phenoxy) is 1. The Balaban J connectivity index is 1.35. The van der Waals surface area contributed by atoms with Gasteiger partial charge in [0.2, 0.25) is 0 Å². The van der Waals surface area contributed by atoms with E-state index in [9.17, 15) is 9.90 Å². The predicted molar refractivity (Wildman–Crippen MR) is 188 cm³/mol. The minimum absolute atomic E-state index is 0.236. The zero-order chi connectivity index (χ0) is 32.0. The van der Waals surface area contributed by atoms with Crippen LogP contribution in [0.25, 0.3) is 11.1 Å². The number of para-hydroxylation sites is 2. The number of carbonyl (C=O) groups excluding carboxylic acids is 1. The number of anilines is 6. The lowest BCUT2D eigenvalue weighted by atomic mass is 9.98. The van der Waals surface area contributed by atoms with Crippen molar-refractivity contribution in [3.05, 3.63) is 169 Å². The molecule has 0 saturated heterocycles. The molecular formula is C41H34N2O3. The number of benzene rings is 6. The van der Waals surface area contributed by atoms with Crippen LogP contribution in [0.2, 0.25) is 0 Å². The van der Waals surface area contributed by atoms with Crippen molar-refractivity contribution in [1.29, 1.82) is 0 Å². The number of phenolic OH excluding ortho intramolecular Hbond substituents is 1. The van der Waals surface area contributed by atoms with E-state index in [1.165, 1.54) is 0 Å². The number of phenols is 1. The topological polar surface area (TPSA) is 53.0 Å². The van der Waals surface area contributed by atoms with Crippen LogP contribution in [-0.2, 0) is 4.79 Å². The zero-order valence-corrected chi connectivity index (χ0v) is 25.8. The number of aromatic hydroxyl groups is 1. The molecule has 0 aromatic heterocycles. The van der Waals surface area contributed by atoms with Gasteiger partial charge in [-0.1, -0.05) is 55.1 Å². The molecule has 226 valence electrons. The molecule has 0 radical (unpaired) electrons. The highest BCUT2D eigenvalue weighted by atomic mass is 16.5. The molecule has 0 unspecified atom stereocenters. The summed E-state index contributed by atoms with van der Waals surface area (Å²) in [6.45, 7) is 7.72. The van der Waals surface area contributed by atoms with Gasteiger partial charge in [0.1, 0.15) is 11.5 Å². The average molecular weight is 603 g/mol. The summed E-state index contributed by atoms with van der Waals surface area (Å²) in [5.74, 6) is 0.207. The minimum Gasteiger partial charge on any atom is -0.508 e. The molecule has 0 aliphatic rings. The SMILES string of the molecule is C=CC(=O)Oc1ccc(N(c2ccccc2)c2ccc(-c3ccc(N(c4ccccc4)c4ccc(O)cc4)c(C)c3)cc2C)cc1. The van der Waals surface area contributed by atoms with E-state index in [4.69, 9.17) is 4.74 Å². The lowest BCUT2D eigenvalue weighted by Crippen LogP contribution is -2.12. The van der Waals surface area contributed by atoms with Crippen LogP contribution < -0.4 is 14.5 Å². The lowest BCUT2D eigenvalue weighted by molar-refractivity contribution is -0.128. The Kier molecular flexibility index (Phi) is 8.66. The molecule has 0 amide bonds. The second-order valence-electron chi connectivity index (χ2n) is 11.0. The number of esters is 1. The fourth-order valence-electron chi connectivity index (χ4n) is 5.60. The van der Waals surface area contributed by atoms with Gasteiger partial charge in [-0.15, -0.1) is 0 Å². The molecule has 0 aliphatic carbocycles. The number of hydrogen-bond acceptors (Lipinski definition) is 5. The highest BCUT2D eigenvalue weighted by molar-refractivity contribution is 5.85. The normalized spacial score (nSPS) is 10.7. The van der Waals surface area contributed by atoms with E-state index < -0.39 is 5.97 Å². The van der Waals surface area contributed by atoms with Gasteiger partial charge in [-0.3, -0.25) is 0 Å². The van der Waals surface area contributed by atoms with Crippen LogP contribution >= 0.6 is 0 Å². The van der Waals surface area contributed by atoms with E-state index in [1.54, 1.807) is 24.3 Å². The Bertz CT molecular complexity index is 1970. The second-order valence-corrected chi connectivity index (χ2v) is 11.0. The molecule has 5 nitrogen and oxygen atoms in total. The van der Waals surface area contributed by atoms with Crippen molar-refractivity contribution in [2.24, 2.45) is 0 Å². The molecule has 6 aromatic carbocycles. The number of aryl methyl sites for hydroxylation is 2. The maximum absolute atomic E-state index is 11.7. The number of carbonyl (C=O) groups is 1. The van der Waals surface area contributed by atoms with Gasteiger partial charge in [0.05, 0.1) is 0 Å². The molecule has 6 aromatic rings. The summed E-state index contributed by atoms with van der Waals surface area (Å²) >= 11 is 0. The molecule has 0 heterocycles. The summed E-state index contributed by atoms with van der Waals surface area (Å²) < 4.78 is 5.30. The van der Waals surface area contributed by atoms with Gasteiger partial charge in [0.25, 0.3) is 0 Å². The van der Waals surface area contributed by atoms with Gasteiger partial charge < -0.3 is 19.6 Å². The monoisotopic (exact) mass is 602 g/mol. The summed E-state index contributed by atoms with van der Waals surface area (Å²) in [6, 6.07) is 48.2. The quantitative estimate of drug-likeness (QED) is 0.101. The van der Waals surface area contributed by atoms with Crippen molar-refractivity contribution in [3.63, 3.8) is 0 Å². The standard InChI is InChI=1S/C41H34N2O3/c1-4-41(45)46-38-23-19-36(20-24-38)43(34-13-9-6-10-14-34)40-26-16-32(28-30(40)3)31-15-25-39(29(2)27-31)42(33-11-7-5-8-12-33)35-17-21-37(44)22-18-35/h4-28,44H,1H2,2-3H3. The van der Waals surface area contributed by atoms with Crippen molar-refractivity contribution >= 4 is 40.1 Å². The van der Waals surface area contributed by atoms with Crippen molar-refractivity contribution in [1.82, 2.24) is 0 Å². The first-order valence-electron chi connectivity index (χ1n) is 15.1. The zero-order valence-electron chi connectivity index (χ0n) is 25.8. The predicted octanol–water partition coefficient (Wildman–Crippen LogP) is 10.7. The summed E-state index contributed by atoms with van der Waals surface area (Å²) in [4.78, 5) is 16.1. The Hall–Kier alpha value is -6.07. The highest BCUT2D eigenvalue weighted by Gasteiger charge is 2.18. The molecule has 0 saturated carbocycles. The molecule has 0 aliphatic heterocycles. The molecule has 0 fully saturated rings. The van der Waals surface area contributed by atoms with E-state index in [0.29, 0.717) is 5.75 Å². The molecule has 5 heteroatoms. The van der Waals surface area contributed by atoms with E-state index in [2.05, 4.69) is 90.9 Å². The Morgan fingerprint density at radius 3 is 1.41 bits per heavy atom. The molecular weight excluding hydrogens is 568 g/mol.